The molecule has 2 aliphatic heterocycles. The number of aliphatic hydroxyl groups excluding tert-OH is 2. The maximum absolute atomic E-state index is 13.6. The molecule has 9 heteroatoms. The molecule has 0 spiro atoms. The van der Waals surface area contributed by atoms with Gasteiger partial charge in [-0.25, -0.2) is 4.79 Å². The van der Waals surface area contributed by atoms with E-state index < -0.39 is 48.0 Å². The summed E-state index contributed by atoms with van der Waals surface area (Å²) in [6.45, 7) is 17.9. The predicted octanol–water partition coefficient (Wildman–Crippen LogP) is 6.00. The molecule has 0 bridgehead atoms. The predicted molar refractivity (Wildman–Crippen MR) is 180 cm³/mol. The zero-order chi connectivity index (χ0) is 34.9. The molecule has 46 heavy (non-hydrogen) atoms. The lowest BCUT2D eigenvalue weighted by Crippen LogP contribution is -2.60. The second-order valence-corrected chi connectivity index (χ2v) is 13.9. The zero-order valence-electron chi connectivity index (χ0n) is 30.5. The van der Waals surface area contributed by atoms with Crippen LogP contribution >= 0.6 is 0 Å². The van der Waals surface area contributed by atoms with Gasteiger partial charge in [-0.15, -0.1) is 0 Å². The highest BCUT2D eigenvalue weighted by molar-refractivity contribution is 5.87. The van der Waals surface area contributed by atoms with Crippen molar-refractivity contribution in [1.29, 1.82) is 0 Å². The molecule has 0 amide bonds. The molecular weight excluding hydrogens is 588 g/mol. The van der Waals surface area contributed by atoms with Crippen LogP contribution in [0.5, 0.6) is 0 Å². The van der Waals surface area contributed by atoms with Gasteiger partial charge < -0.3 is 38.6 Å². The number of hydrogen-bond acceptors (Lipinski definition) is 9. The van der Waals surface area contributed by atoms with Crippen LogP contribution in [-0.4, -0.2) is 87.0 Å². The number of ether oxygens (including phenoxy) is 6. The van der Waals surface area contributed by atoms with Gasteiger partial charge in [0.1, 0.15) is 12.2 Å². The van der Waals surface area contributed by atoms with Crippen molar-refractivity contribution in [2.24, 2.45) is 35.5 Å². The van der Waals surface area contributed by atoms with Crippen LogP contribution in [0.1, 0.15) is 75.2 Å². The topological polar surface area (TPSA) is 113 Å². The minimum Gasteiger partial charge on any atom is -0.490 e. The van der Waals surface area contributed by atoms with Gasteiger partial charge in [0.15, 0.2) is 5.79 Å². The first-order valence-corrected chi connectivity index (χ1v) is 16.7. The van der Waals surface area contributed by atoms with Gasteiger partial charge in [-0.1, -0.05) is 83.9 Å². The van der Waals surface area contributed by atoms with E-state index in [0.717, 1.165) is 11.1 Å². The maximum Gasteiger partial charge on any atom is 0.373 e. The normalized spacial score (nSPS) is 39.9. The number of cyclic esters (lactones) is 1. The molecule has 1 saturated heterocycles. The summed E-state index contributed by atoms with van der Waals surface area (Å²) in [6, 6.07) is 0. The molecule has 0 radical (unpaired) electrons. The standard InChI is InChI=1S/C37H62O9/c1-21(2)34-26(7)31(43-12)20-37(44-13,46-34)28(9)33(39)27(8)35-29(41-10)16-14-15-22(3)17-24(5)32(38)25(6)18-23(4)19-30(42-11)36(40)45-35/h14-16,18-19,21,24-29,31-35,38-39H,17,20H2,1-13H3/b16-14-,22-15-,23-18-,30-19+/t24-,25+,26-,27-,28-,29-,31+,32-,33+,34+,35+,37+/m0/s1. The summed E-state index contributed by atoms with van der Waals surface area (Å²) in [4.78, 5) is 13.6. The highest BCUT2D eigenvalue weighted by atomic mass is 16.7. The van der Waals surface area contributed by atoms with Crippen molar-refractivity contribution in [1.82, 2.24) is 0 Å². The van der Waals surface area contributed by atoms with E-state index in [4.69, 9.17) is 28.4 Å². The van der Waals surface area contributed by atoms with Crippen LogP contribution in [0.25, 0.3) is 0 Å². The highest BCUT2D eigenvalue weighted by Gasteiger charge is 2.53. The first-order valence-electron chi connectivity index (χ1n) is 16.7. The third-order valence-electron chi connectivity index (χ3n) is 10.1. The Morgan fingerprint density at radius 1 is 1.00 bits per heavy atom. The smallest absolute Gasteiger partial charge is 0.373 e. The zero-order valence-corrected chi connectivity index (χ0v) is 30.5. The molecule has 0 aliphatic carbocycles. The number of rotatable bonds is 9. The average molecular weight is 651 g/mol. The van der Waals surface area contributed by atoms with E-state index in [1.165, 1.54) is 7.11 Å². The average Bonchev–Trinajstić information content (AvgIpc) is 3.02. The molecule has 2 N–H and O–H groups in total. The van der Waals surface area contributed by atoms with Crippen molar-refractivity contribution in [2.45, 2.75) is 118 Å². The molecule has 0 aromatic carbocycles. The fourth-order valence-electron chi connectivity index (χ4n) is 7.12. The summed E-state index contributed by atoms with van der Waals surface area (Å²) in [5, 5.41) is 23.0. The van der Waals surface area contributed by atoms with Gasteiger partial charge in [0, 0.05) is 51.4 Å². The van der Waals surface area contributed by atoms with E-state index in [9.17, 15) is 15.0 Å². The van der Waals surface area contributed by atoms with E-state index in [1.807, 2.05) is 65.8 Å². The Hall–Kier alpha value is -2.01. The minimum atomic E-state index is -1.13. The van der Waals surface area contributed by atoms with Crippen LogP contribution in [-0.2, 0) is 33.2 Å². The fraction of sp³-hybridized carbons (Fsp3) is 0.757. The van der Waals surface area contributed by atoms with Crippen molar-refractivity contribution in [3.05, 3.63) is 47.3 Å². The van der Waals surface area contributed by atoms with Crippen molar-refractivity contribution in [3.63, 3.8) is 0 Å². The number of carbonyl (C=O) groups excluding carboxylic acids is 1. The SMILES string of the molecule is CO/C1=C/C(C)=C\[C@@H](C)[C@@H](O)[C@@H](C)C/C(C)=C\C=C/[C@H](OC)[C@@H]([C@@H](C)[C@@H](O)[C@H](C)[C@@]2(OC)C[C@@H](OC)[C@H](C)[C@@H](C(C)C)O2)OC1=O. The van der Waals surface area contributed by atoms with Gasteiger partial charge in [-0.3, -0.25) is 0 Å². The Morgan fingerprint density at radius 2 is 1.65 bits per heavy atom. The number of hydrogen-bond donors (Lipinski definition) is 2. The van der Waals surface area contributed by atoms with Crippen LogP contribution in [0.3, 0.4) is 0 Å². The summed E-state index contributed by atoms with van der Waals surface area (Å²) < 4.78 is 36.2. The Kier molecular flexibility index (Phi) is 15.7. The second kappa shape index (κ2) is 17.9. The second-order valence-electron chi connectivity index (χ2n) is 13.9. The Balaban J connectivity index is 2.57. The summed E-state index contributed by atoms with van der Waals surface area (Å²) in [5.74, 6) is -2.76. The molecule has 1 fully saturated rings. The molecule has 0 aromatic rings. The van der Waals surface area contributed by atoms with E-state index >= 15 is 0 Å². The van der Waals surface area contributed by atoms with Crippen molar-refractivity contribution in [2.75, 3.05) is 28.4 Å². The van der Waals surface area contributed by atoms with Crippen molar-refractivity contribution < 1.29 is 43.4 Å². The van der Waals surface area contributed by atoms with E-state index in [2.05, 4.69) is 20.8 Å². The van der Waals surface area contributed by atoms with Gasteiger partial charge in [-0.05, 0) is 38.2 Å². The molecule has 264 valence electrons. The van der Waals surface area contributed by atoms with Gasteiger partial charge in [0.2, 0.25) is 5.76 Å². The molecule has 0 unspecified atom stereocenters. The molecule has 12 atom stereocenters. The Labute approximate surface area is 278 Å². The molecule has 0 aromatic heterocycles. The lowest BCUT2D eigenvalue weighted by molar-refractivity contribution is -0.340. The van der Waals surface area contributed by atoms with Crippen LogP contribution in [0.15, 0.2) is 47.3 Å². The molecule has 0 saturated carbocycles. The van der Waals surface area contributed by atoms with Gasteiger partial charge in [0.25, 0.3) is 0 Å². The third-order valence-corrected chi connectivity index (χ3v) is 10.1. The first-order chi connectivity index (χ1) is 21.6. The van der Waals surface area contributed by atoms with Crippen LogP contribution in [0.2, 0.25) is 0 Å². The lowest BCUT2D eigenvalue weighted by Gasteiger charge is -2.52. The Morgan fingerprint density at radius 3 is 2.20 bits per heavy atom. The summed E-state index contributed by atoms with van der Waals surface area (Å²) in [6.07, 6.45) is 6.89. The van der Waals surface area contributed by atoms with Crippen molar-refractivity contribution >= 4 is 5.97 Å². The van der Waals surface area contributed by atoms with Crippen LogP contribution < -0.4 is 0 Å². The number of aliphatic hydroxyl groups is 2. The number of carbonyl (C=O) groups is 1. The van der Waals surface area contributed by atoms with Crippen molar-refractivity contribution in [3.8, 4) is 0 Å². The maximum atomic E-state index is 13.6. The van der Waals surface area contributed by atoms with Gasteiger partial charge in [-0.2, -0.15) is 0 Å². The third kappa shape index (κ3) is 9.77. The van der Waals surface area contributed by atoms with Gasteiger partial charge >= 0.3 is 5.97 Å². The number of esters is 1. The largest absolute Gasteiger partial charge is 0.490 e. The van der Waals surface area contributed by atoms with E-state index in [0.29, 0.717) is 12.8 Å². The fourth-order valence-corrected chi connectivity index (χ4v) is 7.12. The van der Waals surface area contributed by atoms with Gasteiger partial charge in [0.05, 0.1) is 31.5 Å². The van der Waals surface area contributed by atoms with Crippen LogP contribution in [0, 0.1) is 35.5 Å². The quantitative estimate of drug-likeness (QED) is 0.290. The number of methoxy groups -OCH3 is 4. The van der Waals surface area contributed by atoms with E-state index in [1.54, 1.807) is 27.4 Å². The lowest BCUT2D eigenvalue weighted by atomic mass is 9.76. The molecular formula is C37H62O9. The molecule has 2 rings (SSSR count). The monoisotopic (exact) mass is 650 g/mol. The minimum absolute atomic E-state index is 0.00516. The van der Waals surface area contributed by atoms with Crippen LogP contribution in [0.4, 0.5) is 0 Å². The molecule has 9 nitrogen and oxygen atoms in total. The molecule has 2 aliphatic rings. The summed E-state index contributed by atoms with van der Waals surface area (Å²) in [7, 11) is 6.25. The summed E-state index contributed by atoms with van der Waals surface area (Å²) in [5.41, 5.74) is 1.85. The summed E-state index contributed by atoms with van der Waals surface area (Å²) >= 11 is 0. The van der Waals surface area contributed by atoms with E-state index in [-0.39, 0.29) is 41.6 Å². The molecule has 2 heterocycles. The highest BCUT2D eigenvalue weighted by Crippen LogP contribution is 2.44. The number of allylic oxidation sites excluding steroid dienone is 5. The Bertz CT molecular complexity index is 1090. The first kappa shape index (κ1) is 40.2.